The number of fused-ring (bicyclic) bond motifs is 43. The van der Waals surface area contributed by atoms with Crippen LogP contribution in [-0.2, 0) is 0 Å². The van der Waals surface area contributed by atoms with Crippen LogP contribution in [0.3, 0.4) is 0 Å². The first kappa shape index (κ1) is 64.0. The molecule has 14 heterocycles. The fourth-order valence-electron chi connectivity index (χ4n) is 19.9. The number of hydrogen-bond acceptors (Lipinski definition) is 8. The van der Waals surface area contributed by atoms with Gasteiger partial charge in [0.05, 0.1) is 71.7 Å². The Kier molecular flexibility index (Phi) is 12.9. The van der Waals surface area contributed by atoms with E-state index in [1.165, 1.54) is 54.0 Å². The van der Waals surface area contributed by atoms with Crippen molar-refractivity contribution in [3.63, 3.8) is 0 Å². The van der Waals surface area contributed by atoms with E-state index in [9.17, 15) is 0 Å². The van der Waals surface area contributed by atoms with Gasteiger partial charge in [-0.1, -0.05) is 152 Å². The molecule has 14 aromatic heterocycles. The molecule has 0 radical (unpaired) electrons. The van der Waals surface area contributed by atoms with E-state index in [-0.39, 0.29) is 0 Å². The number of pyridine rings is 5. The highest BCUT2D eigenvalue weighted by atomic mass is 16.3. The number of furan rings is 3. The second kappa shape index (κ2) is 24.1. The van der Waals surface area contributed by atoms with E-state index in [0.29, 0.717) is 0 Å². The summed E-state index contributed by atoms with van der Waals surface area (Å²) in [6, 6.07) is 117. The molecule has 119 heavy (non-hydrogen) atoms. The third-order valence-electron chi connectivity index (χ3n) is 24.8. The van der Waals surface area contributed by atoms with Crippen LogP contribution in [0.1, 0.15) is 0 Å². The van der Waals surface area contributed by atoms with Crippen molar-refractivity contribution in [1.82, 2.24) is 51.8 Å². The number of aromatic nitrogens is 11. The average molecular weight is 1520 g/mol. The lowest BCUT2D eigenvalue weighted by atomic mass is 10.0. The molecule has 0 unspecified atom stereocenters. The van der Waals surface area contributed by atoms with Crippen LogP contribution >= 0.6 is 0 Å². The number of rotatable bonds is 3. The molecule has 14 nitrogen and oxygen atoms in total. The number of hydrogen-bond donors (Lipinski definition) is 0. The van der Waals surface area contributed by atoms with Gasteiger partial charge in [-0.2, -0.15) is 0 Å². The Hall–Kier alpha value is -16.5. The van der Waals surface area contributed by atoms with E-state index in [1.807, 2.05) is 73.2 Å². The minimum atomic E-state index is 0.892. The normalized spacial score (nSPS) is 12.4. The number of para-hydroxylation sites is 11. The van der Waals surface area contributed by atoms with Gasteiger partial charge < -0.3 is 27.0 Å². The molecule has 0 bridgehead atoms. The van der Waals surface area contributed by atoms with Crippen molar-refractivity contribution < 1.29 is 13.3 Å². The topological polar surface area (TPSA) is 132 Å². The molecule has 14 heteroatoms. The third kappa shape index (κ3) is 8.89. The Labute approximate surface area is 671 Å². The van der Waals surface area contributed by atoms with Gasteiger partial charge in [0.2, 0.25) is 0 Å². The summed E-state index contributed by atoms with van der Waals surface area (Å²) in [6.07, 6.45) is 7.68. The lowest BCUT2D eigenvalue weighted by Gasteiger charge is -2.11. The first-order chi connectivity index (χ1) is 59.1. The van der Waals surface area contributed by atoms with Crippen LogP contribution < -0.4 is 0 Å². The number of benzene rings is 15. The van der Waals surface area contributed by atoms with E-state index in [2.05, 4.69) is 312 Å². The van der Waals surface area contributed by atoms with Gasteiger partial charge in [0.15, 0.2) is 0 Å². The van der Waals surface area contributed by atoms with Crippen molar-refractivity contribution in [2.75, 3.05) is 0 Å². The van der Waals surface area contributed by atoms with Gasteiger partial charge in [0.1, 0.15) is 56.1 Å². The number of imidazole rings is 3. The van der Waals surface area contributed by atoms with E-state index in [0.717, 1.165) is 199 Å². The van der Waals surface area contributed by atoms with Gasteiger partial charge in [0.25, 0.3) is 0 Å². The maximum absolute atomic E-state index is 6.34. The Balaban J connectivity index is 0.0000000948. The second-order valence-electron chi connectivity index (χ2n) is 31.0. The minimum Gasteiger partial charge on any atom is -0.456 e. The van der Waals surface area contributed by atoms with Gasteiger partial charge >= 0.3 is 0 Å². The van der Waals surface area contributed by atoms with Crippen molar-refractivity contribution in [2.24, 2.45) is 0 Å². The first-order valence-electron chi connectivity index (χ1n) is 40.0. The lowest BCUT2D eigenvalue weighted by Crippen LogP contribution is -1.95. The SMILES string of the molecule is c1ccc(-n2c3cc4c(cc3c3c5c(ccc32)oc2ccccc25)c2ccccc2n2ccnc42)cc1.c1ccc(-n2c3cc4c(cc3c3c5c(ccc32)oc2ccccc25)c2cccnc2n2c3ccccc3nc42)cc1.c1ccc(-n2c3cc4c(cc3c3c5c(ccc32)oc2ccccc25)c2ncccc2n2c3ccccc3nc42)cc1. The van der Waals surface area contributed by atoms with E-state index < -0.39 is 0 Å². The summed E-state index contributed by atoms with van der Waals surface area (Å²) >= 11 is 0. The molecule has 0 N–H and O–H groups in total. The van der Waals surface area contributed by atoms with Crippen molar-refractivity contribution in [1.29, 1.82) is 0 Å². The van der Waals surface area contributed by atoms with Crippen LogP contribution in [0.4, 0.5) is 0 Å². The van der Waals surface area contributed by atoms with E-state index in [1.54, 1.807) is 0 Å². The minimum absolute atomic E-state index is 0.892. The maximum atomic E-state index is 6.34. The van der Waals surface area contributed by atoms with Crippen LogP contribution in [0.15, 0.2) is 372 Å². The van der Waals surface area contributed by atoms with Crippen molar-refractivity contribution in [3.05, 3.63) is 358 Å². The molecular weight excluding hydrogens is 1460 g/mol. The third-order valence-corrected chi connectivity index (χ3v) is 24.8. The Morgan fingerprint density at radius 1 is 0.202 bits per heavy atom. The molecule has 15 aromatic carbocycles. The Bertz CT molecular complexity index is 9090. The molecular formula is C105H59N11O3. The number of nitrogens with zero attached hydrogens (tertiary/aromatic N) is 11. The molecule has 29 aromatic rings. The average Bonchev–Trinajstić information content (AvgIpc) is 1.55. The molecule has 0 aliphatic rings. The zero-order chi connectivity index (χ0) is 77.4. The largest absolute Gasteiger partial charge is 0.456 e. The molecule has 0 atom stereocenters. The predicted octanol–water partition coefficient (Wildman–Crippen LogP) is 27.0. The summed E-state index contributed by atoms with van der Waals surface area (Å²) < 4.78 is 32.8. The highest BCUT2D eigenvalue weighted by Crippen LogP contribution is 2.49. The smallest absolute Gasteiger partial charge is 0.147 e. The summed E-state index contributed by atoms with van der Waals surface area (Å²) in [4.78, 5) is 24.9. The summed E-state index contributed by atoms with van der Waals surface area (Å²) in [5, 5.41) is 23.1. The van der Waals surface area contributed by atoms with Crippen LogP contribution in [-0.4, -0.2) is 51.8 Å². The molecule has 0 spiro atoms. The molecule has 0 saturated carbocycles. The maximum Gasteiger partial charge on any atom is 0.147 e. The molecule has 0 saturated heterocycles. The zero-order valence-electron chi connectivity index (χ0n) is 63.2. The van der Waals surface area contributed by atoms with Crippen molar-refractivity contribution in [2.45, 2.75) is 0 Å². The van der Waals surface area contributed by atoms with Crippen molar-refractivity contribution >= 4 is 236 Å². The summed E-state index contributed by atoms with van der Waals surface area (Å²) in [7, 11) is 0. The summed E-state index contributed by atoms with van der Waals surface area (Å²) in [6.45, 7) is 0. The van der Waals surface area contributed by atoms with E-state index >= 15 is 0 Å². The highest BCUT2D eigenvalue weighted by Gasteiger charge is 2.27. The highest BCUT2D eigenvalue weighted by molar-refractivity contribution is 6.34. The summed E-state index contributed by atoms with van der Waals surface area (Å²) in [5.74, 6) is 0. The van der Waals surface area contributed by atoms with Gasteiger partial charge in [-0.05, 0) is 193 Å². The molecule has 0 fully saturated rings. The molecule has 552 valence electrons. The Morgan fingerprint density at radius 3 is 1.10 bits per heavy atom. The predicted molar refractivity (Wildman–Crippen MR) is 486 cm³/mol. The van der Waals surface area contributed by atoms with E-state index in [4.69, 9.17) is 38.2 Å². The van der Waals surface area contributed by atoms with Gasteiger partial charge in [0, 0.05) is 139 Å². The molecule has 0 aliphatic carbocycles. The molecule has 0 aliphatic heterocycles. The van der Waals surface area contributed by atoms with Gasteiger partial charge in [-0.3, -0.25) is 18.2 Å². The summed E-state index contributed by atoms with van der Waals surface area (Å²) in [5.41, 5.74) is 26.6. The van der Waals surface area contributed by atoms with Crippen LogP contribution in [0, 0.1) is 0 Å². The zero-order valence-corrected chi connectivity index (χ0v) is 63.2. The van der Waals surface area contributed by atoms with Gasteiger partial charge in [-0.15, -0.1) is 0 Å². The quantitative estimate of drug-likeness (QED) is 0.160. The fourth-order valence-corrected chi connectivity index (χ4v) is 19.9. The first-order valence-corrected chi connectivity index (χ1v) is 40.0. The lowest BCUT2D eigenvalue weighted by molar-refractivity contribution is 0.669. The second-order valence-corrected chi connectivity index (χ2v) is 31.0. The van der Waals surface area contributed by atoms with Gasteiger partial charge in [-0.25, -0.2) is 19.9 Å². The monoisotopic (exact) mass is 1520 g/mol. The standard InChI is InChI=1S/2C36H20N4O.C33H19N3O/c1-2-9-21(10-3-1)39-29-16-17-32-34(23-11-4-7-15-31(23)41-32)33(29)26-19-24-22-12-8-18-37-35(22)40-28-14-6-5-13-27(28)38-36(40)25(24)20-30(26)39;1-2-9-21(10-3-1)39-28-16-17-32-34(22-11-4-7-15-31(22)41-32)33(28)25-19-23-24(20-30(25)39)36-38-26-12-5-6-13-27(26)40(36)29-14-8-18-37-35(23)29;1-2-8-20(9-3-1)36-27-14-15-30-32(22-11-5-7-13-29(22)37-30)31(27)25-18-23-21-10-4-6-12-26(21)35-17-16-34-33(35)24(23)19-28(25)36/h2*1-20H;1-19H. The fraction of sp³-hybridized carbons (Fsp3) is 0. The van der Waals surface area contributed by atoms with Crippen LogP contribution in [0.2, 0.25) is 0 Å². The van der Waals surface area contributed by atoms with Crippen LogP contribution in [0.5, 0.6) is 0 Å². The van der Waals surface area contributed by atoms with Crippen molar-refractivity contribution in [3.8, 4) is 17.1 Å². The molecule has 0 amide bonds. The molecule has 29 rings (SSSR count). The Morgan fingerprint density at radius 2 is 0.580 bits per heavy atom. The van der Waals surface area contributed by atoms with Crippen LogP contribution in [0.25, 0.3) is 253 Å².